The van der Waals surface area contributed by atoms with E-state index >= 15 is 0 Å². The Labute approximate surface area is 255 Å². The monoisotopic (exact) mass is 622 g/mol. The van der Waals surface area contributed by atoms with Crippen LogP contribution in [-0.2, 0) is 17.7 Å². The number of fused-ring (bicyclic) bond motifs is 2. The van der Waals surface area contributed by atoms with Gasteiger partial charge < -0.3 is 26.2 Å². The number of thiophene rings is 1. The molecule has 13 heteroatoms. The fraction of sp³-hybridized carbons (Fsp3) is 0.241. The average Bonchev–Trinajstić information content (AvgIpc) is 3.64. The number of halogens is 3. The molecule has 5 heterocycles. The van der Waals surface area contributed by atoms with Gasteiger partial charge in [-0.1, -0.05) is 29.3 Å². The van der Waals surface area contributed by atoms with E-state index < -0.39 is 5.82 Å². The molecule has 0 saturated carbocycles. The minimum absolute atomic E-state index is 0.0251. The zero-order chi connectivity index (χ0) is 28.8. The normalized spacial score (nSPS) is 17.4. The van der Waals surface area contributed by atoms with Crippen molar-refractivity contribution in [2.24, 2.45) is 0 Å². The molecule has 0 spiro atoms. The minimum atomic E-state index is -0.613. The van der Waals surface area contributed by atoms with E-state index in [9.17, 15) is 9.65 Å². The van der Waals surface area contributed by atoms with E-state index in [1.165, 1.54) is 28.3 Å². The molecule has 3 aliphatic rings. The second-order valence-electron chi connectivity index (χ2n) is 10.3. The number of ether oxygens (including phenoxy) is 1. The van der Waals surface area contributed by atoms with Gasteiger partial charge in [0.1, 0.15) is 6.07 Å². The summed E-state index contributed by atoms with van der Waals surface area (Å²) in [5, 5.41) is 19.8. The zero-order valence-corrected chi connectivity index (χ0v) is 24.4. The lowest BCUT2D eigenvalue weighted by Gasteiger charge is -2.39. The summed E-state index contributed by atoms with van der Waals surface area (Å²) in [4.78, 5) is 8.30. The molecule has 7 rings (SSSR count). The molecule has 0 bridgehead atoms. The summed E-state index contributed by atoms with van der Waals surface area (Å²) in [6, 6.07) is 10.8. The Bertz CT molecular complexity index is 1770. The third-order valence-corrected chi connectivity index (χ3v) is 9.45. The molecule has 0 radical (unpaired) electrons. The Hall–Kier alpha value is -3.63. The number of hydrogen-bond donors (Lipinski definition) is 5. The summed E-state index contributed by atoms with van der Waals surface area (Å²) in [6.45, 7) is 3.51. The quantitative estimate of drug-likeness (QED) is 0.177. The van der Waals surface area contributed by atoms with Crippen molar-refractivity contribution in [3.63, 3.8) is 0 Å². The molecule has 1 saturated heterocycles. The van der Waals surface area contributed by atoms with Gasteiger partial charge in [-0.05, 0) is 47.2 Å². The Balaban J connectivity index is 1.27. The molecule has 2 aromatic carbocycles. The molecule has 4 aromatic rings. The third kappa shape index (κ3) is 4.90. The van der Waals surface area contributed by atoms with Crippen LogP contribution in [-0.4, -0.2) is 35.7 Å². The summed E-state index contributed by atoms with van der Waals surface area (Å²) in [7, 11) is 0. The first-order chi connectivity index (χ1) is 20.5. The fourth-order valence-corrected chi connectivity index (χ4v) is 7.15. The van der Waals surface area contributed by atoms with Crippen LogP contribution in [0.3, 0.4) is 0 Å². The predicted octanol–water partition coefficient (Wildman–Crippen LogP) is 5.72. The van der Waals surface area contributed by atoms with Crippen molar-refractivity contribution in [2.45, 2.75) is 25.0 Å². The highest BCUT2D eigenvalue weighted by Gasteiger charge is 2.33. The first-order valence-electron chi connectivity index (χ1n) is 13.4. The molecule has 42 heavy (non-hydrogen) atoms. The molecule has 5 N–H and O–H groups in total. The molecule has 1 fully saturated rings. The molecular weight excluding hydrogens is 598 g/mol. The Morgan fingerprint density at radius 2 is 2.12 bits per heavy atom. The number of hydrogen-bond acceptors (Lipinski definition) is 10. The smallest absolute Gasteiger partial charge is 0.165 e. The highest BCUT2D eigenvalue weighted by Crippen LogP contribution is 2.40. The lowest BCUT2D eigenvalue weighted by molar-refractivity contribution is -0.0691. The summed E-state index contributed by atoms with van der Waals surface area (Å²) >= 11 is 14.6. The van der Waals surface area contributed by atoms with Gasteiger partial charge in [-0.25, -0.2) is 4.39 Å². The first kappa shape index (κ1) is 27.2. The van der Waals surface area contributed by atoms with Gasteiger partial charge in [0.15, 0.2) is 5.82 Å². The number of aromatic nitrogens is 1. The van der Waals surface area contributed by atoms with Gasteiger partial charge in [0.25, 0.3) is 0 Å². The maximum atomic E-state index is 14.8. The highest BCUT2D eigenvalue weighted by molar-refractivity contribution is 7.10. The van der Waals surface area contributed by atoms with Gasteiger partial charge in [-0.15, -0.1) is 11.3 Å². The summed E-state index contributed by atoms with van der Waals surface area (Å²) in [5.41, 5.74) is 14.6. The SMILES string of the molecule is N#Cc1cnc2c(Cl)cc(N[C@H](C3=CNNN3)c3csc4c3CCN(C3COC3)C4)cc2c1Nc1cccc(Cl)c1F. The summed E-state index contributed by atoms with van der Waals surface area (Å²) in [6.07, 6.45) is 4.26. The largest absolute Gasteiger partial charge is 0.378 e. The van der Waals surface area contributed by atoms with Gasteiger partial charge in [-0.2, -0.15) is 10.8 Å². The molecule has 2 aromatic heterocycles. The molecule has 3 aliphatic heterocycles. The van der Waals surface area contributed by atoms with Crippen molar-refractivity contribution in [1.82, 2.24) is 26.3 Å². The van der Waals surface area contributed by atoms with Gasteiger partial charge in [0.2, 0.25) is 0 Å². The number of pyridine rings is 1. The molecule has 0 aliphatic carbocycles. The molecule has 214 valence electrons. The van der Waals surface area contributed by atoms with Crippen LogP contribution < -0.4 is 27.0 Å². The van der Waals surface area contributed by atoms with Gasteiger partial charge in [0.05, 0.1) is 63.5 Å². The van der Waals surface area contributed by atoms with Crippen LogP contribution in [0.25, 0.3) is 10.9 Å². The summed E-state index contributed by atoms with van der Waals surface area (Å²) < 4.78 is 20.3. The minimum Gasteiger partial charge on any atom is -0.378 e. The standard InChI is InChI=1S/C29H25Cl2FN8OS/c30-21-2-1-3-23(26(21)32)37-27-15(8-33)9-34-28-19(27)6-16(7-22(28)31)36-29(24-10-35-39-38-24)20-14-42-25-11-40(5-4-18(20)25)17-12-41-13-17/h1-3,6-7,9-10,14,17,29,35-36,38-39H,4-5,11-13H2,(H,34,37)/t29-/m0/s1. The second kappa shape index (κ2) is 11.2. The van der Waals surface area contributed by atoms with Crippen LogP contribution >= 0.6 is 34.5 Å². The average molecular weight is 624 g/mol. The van der Waals surface area contributed by atoms with E-state index in [4.69, 9.17) is 27.9 Å². The Morgan fingerprint density at radius 1 is 1.24 bits per heavy atom. The van der Waals surface area contributed by atoms with Gasteiger partial charge in [-0.3, -0.25) is 9.88 Å². The lowest BCUT2D eigenvalue weighted by Crippen LogP contribution is -2.50. The zero-order valence-electron chi connectivity index (χ0n) is 22.1. The number of rotatable bonds is 7. The maximum absolute atomic E-state index is 14.8. The molecule has 0 amide bonds. The topological polar surface area (TPSA) is 109 Å². The maximum Gasteiger partial charge on any atom is 0.165 e. The van der Waals surface area contributed by atoms with Crippen molar-refractivity contribution >= 4 is 62.5 Å². The van der Waals surface area contributed by atoms with Crippen molar-refractivity contribution in [2.75, 3.05) is 30.4 Å². The lowest BCUT2D eigenvalue weighted by atomic mass is 9.95. The number of nitriles is 1. The van der Waals surface area contributed by atoms with E-state index in [0.29, 0.717) is 33.3 Å². The van der Waals surface area contributed by atoms with E-state index in [0.717, 1.165) is 38.4 Å². The molecule has 9 nitrogen and oxygen atoms in total. The van der Waals surface area contributed by atoms with Gasteiger partial charge in [0, 0.05) is 41.4 Å². The van der Waals surface area contributed by atoms with Crippen LogP contribution in [0.1, 0.15) is 27.6 Å². The van der Waals surface area contributed by atoms with E-state index in [1.807, 2.05) is 18.3 Å². The van der Waals surface area contributed by atoms with E-state index in [1.54, 1.807) is 23.5 Å². The number of nitrogens with one attached hydrogen (secondary N) is 5. The van der Waals surface area contributed by atoms with Crippen LogP contribution in [0.5, 0.6) is 0 Å². The number of nitrogens with zero attached hydrogens (tertiary/aromatic N) is 3. The fourth-order valence-electron chi connectivity index (χ4n) is 5.56. The second-order valence-corrected chi connectivity index (χ2v) is 12.1. The van der Waals surface area contributed by atoms with E-state index in [-0.39, 0.29) is 22.3 Å². The third-order valence-electron chi connectivity index (χ3n) is 7.84. The number of anilines is 3. The summed E-state index contributed by atoms with van der Waals surface area (Å²) in [5.74, 6) is -0.613. The van der Waals surface area contributed by atoms with E-state index in [2.05, 4.69) is 48.4 Å². The Kier molecular flexibility index (Phi) is 7.27. The molecular formula is C29H25Cl2FN8OS. The van der Waals surface area contributed by atoms with Crippen LogP contribution in [0.2, 0.25) is 10.0 Å². The predicted molar refractivity (Wildman–Crippen MR) is 163 cm³/mol. The van der Waals surface area contributed by atoms with Crippen molar-refractivity contribution in [3.05, 3.63) is 91.2 Å². The molecule has 0 unspecified atom stereocenters. The number of hydrazine groups is 2. The van der Waals surface area contributed by atoms with Crippen molar-refractivity contribution in [1.29, 1.82) is 5.26 Å². The van der Waals surface area contributed by atoms with Crippen LogP contribution in [0.4, 0.5) is 21.5 Å². The van der Waals surface area contributed by atoms with Crippen LogP contribution in [0, 0.1) is 17.1 Å². The molecule has 1 atom stereocenters. The number of benzene rings is 2. The first-order valence-corrected chi connectivity index (χ1v) is 15.0. The highest BCUT2D eigenvalue weighted by atomic mass is 35.5. The Morgan fingerprint density at radius 3 is 2.88 bits per heavy atom. The van der Waals surface area contributed by atoms with Gasteiger partial charge >= 0.3 is 0 Å². The van der Waals surface area contributed by atoms with Crippen molar-refractivity contribution < 1.29 is 9.13 Å². The van der Waals surface area contributed by atoms with Crippen LogP contribution in [0.15, 0.2) is 53.8 Å². The van der Waals surface area contributed by atoms with Crippen molar-refractivity contribution in [3.8, 4) is 6.07 Å².